The van der Waals surface area contributed by atoms with Gasteiger partial charge in [0.05, 0.1) is 28.0 Å². The highest BCUT2D eigenvalue weighted by atomic mass is 35.5. The van der Waals surface area contributed by atoms with Crippen LogP contribution in [0.2, 0.25) is 5.02 Å². The summed E-state index contributed by atoms with van der Waals surface area (Å²) in [5, 5.41) is 15.5. The highest BCUT2D eigenvalue weighted by Crippen LogP contribution is 2.36. The molecular formula is C22H15ClN4O3. The molecule has 148 valence electrons. The Morgan fingerprint density at radius 3 is 2.80 bits per heavy atom. The molecule has 3 aromatic heterocycles. The number of hydrogen-bond acceptors (Lipinski definition) is 4. The van der Waals surface area contributed by atoms with Crippen LogP contribution in [0, 0.1) is 0 Å². The lowest BCUT2D eigenvalue weighted by Gasteiger charge is -2.06. The molecule has 2 aromatic carbocycles. The molecule has 5 rings (SSSR count). The lowest BCUT2D eigenvalue weighted by molar-refractivity contribution is 0.0698. The zero-order valence-corrected chi connectivity index (χ0v) is 16.5. The monoisotopic (exact) mass is 418 g/mol. The number of hydrogen-bond donors (Lipinski definition) is 2. The number of aromatic amines is 1. The van der Waals surface area contributed by atoms with Crippen LogP contribution in [0.3, 0.4) is 0 Å². The van der Waals surface area contributed by atoms with E-state index >= 15 is 0 Å². The number of aryl methyl sites for hydroxylation is 1. The number of carbonyl (C=O) groups is 1. The van der Waals surface area contributed by atoms with Crippen molar-refractivity contribution in [2.45, 2.75) is 0 Å². The van der Waals surface area contributed by atoms with Crippen molar-refractivity contribution in [2.75, 3.05) is 0 Å². The minimum absolute atomic E-state index is 0.169. The number of nitrogens with zero attached hydrogens (tertiary/aromatic N) is 3. The maximum atomic E-state index is 11.5. The maximum absolute atomic E-state index is 11.5. The van der Waals surface area contributed by atoms with E-state index in [1.54, 1.807) is 16.8 Å². The summed E-state index contributed by atoms with van der Waals surface area (Å²) in [4.78, 5) is 19.0. The van der Waals surface area contributed by atoms with Crippen LogP contribution in [-0.2, 0) is 7.05 Å². The largest absolute Gasteiger partial charge is 0.478 e. The summed E-state index contributed by atoms with van der Waals surface area (Å²) < 4.78 is 7.76. The second-order valence-electron chi connectivity index (χ2n) is 6.79. The zero-order chi connectivity index (χ0) is 20.8. The Balaban J connectivity index is 1.66. The molecule has 7 nitrogen and oxygen atoms in total. The Labute approximate surface area is 175 Å². The van der Waals surface area contributed by atoms with Crippen LogP contribution in [0.5, 0.6) is 11.5 Å². The number of carboxylic acids is 1. The number of aromatic carboxylic acids is 1. The molecular weight excluding hydrogens is 404 g/mol. The topological polar surface area (TPSA) is 93.0 Å². The fourth-order valence-corrected chi connectivity index (χ4v) is 3.76. The average molecular weight is 419 g/mol. The van der Waals surface area contributed by atoms with Gasteiger partial charge in [-0.15, -0.1) is 0 Å². The Morgan fingerprint density at radius 1 is 1.17 bits per heavy atom. The quantitative estimate of drug-likeness (QED) is 0.415. The van der Waals surface area contributed by atoms with Gasteiger partial charge in [0.1, 0.15) is 11.3 Å². The van der Waals surface area contributed by atoms with Crippen LogP contribution in [0.25, 0.3) is 33.3 Å². The molecule has 0 unspecified atom stereocenters. The molecule has 0 atom stereocenters. The standard InChI is InChI=1S/C22H15ClN4O3/c1-27-21(17-11-16-19(25-17)15(22(28)29)8-9-24-16)14-6-3-7-18(20(14)26-27)30-13-5-2-4-12(23)10-13/h2-11,25H,1H3,(H,28,29). The first-order valence-corrected chi connectivity index (χ1v) is 9.49. The molecule has 0 bridgehead atoms. The Kier molecular flexibility index (Phi) is 4.18. The number of aromatic nitrogens is 4. The molecule has 0 fully saturated rings. The fourth-order valence-electron chi connectivity index (χ4n) is 3.58. The van der Waals surface area contributed by atoms with Gasteiger partial charge in [-0.2, -0.15) is 5.10 Å². The number of carboxylic acid groups (broad SMARTS) is 1. The van der Waals surface area contributed by atoms with Crippen LogP contribution in [0.15, 0.2) is 60.8 Å². The van der Waals surface area contributed by atoms with E-state index in [4.69, 9.17) is 16.3 Å². The van der Waals surface area contributed by atoms with Crippen molar-refractivity contribution in [3.8, 4) is 22.9 Å². The number of nitrogens with one attached hydrogen (secondary N) is 1. The molecule has 0 spiro atoms. The van der Waals surface area contributed by atoms with Gasteiger partial charge in [0.15, 0.2) is 5.75 Å². The third-order valence-corrected chi connectivity index (χ3v) is 5.09. The highest BCUT2D eigenvalue weighted by molar-refractivity contribution is 6.30. The lowest BCUT2D eigenvalue weighted by atomic mass is 10.1. The van der Waals surface area contributed by atoms with E-state index in [0.29, 0.717) is 33.1 Å². The molecule has 0 saturated carbocycles. The van der Waals surface area contributed by atoms with Crippen LogP contribution in [0.1, 0.15) is 10.4 Å². The molecule has 3 heterocycles. The zero-order valence-electron chi connectivity index (χ0n) is 15.8. The van der Waals surface area contributed by atoms with Gasteiger partial charge >= 0.3 is 5.97 Å². The summed E-state index contributed by atoms with van der Waals surface area (Å²) in [6, 6.07) is 16.1. The molecule has 0 aliphatic rings. The first-order chi connectivity index (χ1) is 14.5. The predicted molar refractivity (Wildman–Crippen MR) is 114 cm³/mol. The van der Waals surface area contributed by atoms with Crippen molar-refractivity contribution < 1.29 is 14.6 Å². The third kappa shape index (κ3) is 2.96. The van der Waals surface area contributed by atoms with E-state index in [-0.39, 0.29) is 5.56 Å². The second-order valence-corrected chi connectivity index (χ2v) is 7.23. The van der Waals surface area contributed by atoms with Crippen molar-refractivity contribution in [3.63, 3.8) is 0 Å². The van der Waals surface area contributed by atoms with E-state index in [9.17, 15) is 9.90 Å². The van der Waals surface area contributed by atoms with Gasteiger partial charge in [0.2, 0.25) is 0 Å². The summed E-state index contributed by atoms with van der Waals surface area (Å²) in [6.07, 6.45) is 1.49. The van der Waals surface area contributed by atoms with Crippen LogP contribution < -0.4 is 4.74 Å². The molecule has 0 saturated heterocycles. The molecule has 0 aliphatic carbocycles. The van der Waals surface area contributed by atoms with Gasteiger partial charge in [-0.3, -0.25) is 9.67 Å². The van der Waals surface area contributed by atoms with E-state index in [2.05, 4.69) is 15.1 Å². The Bertz CT molecular complexity index is 1440. The second kappa shape index (κ2) is 6.89. The van der Waals surface area contributed by atoms with Gasteiger partial charge in [0, 0.05) is 23.7 Å². The van der Waals surface area contributed by atoms with Crippen LogP contribution in [-0.4, -0.2) is 30.8 Å². The summed E-state index contributed by atoms with van der Waals surface area (Å²) in [5.41, 5.74) is 3.42. The minimum atomic E-state index is -1.01. The van der Waals surface area contributed by atoms with E-state index < -0.39 is 5.97 Å². The molecule has 2 N–H and O–H groups in total. The predicted octanol–water partition coefficient (Wildman–Crippen LogP) is 5.26. The summed E-state index contributed by atoms with van der Waals surface area (Å²) in [6.45, 7) is 0. The number of benzene rings is 2. The van der Waals surface area contributed by atoms with E-state index in [1.165, 1.54) is 12.3 Å². The van der Waals surface area contributed by atoms with Crippen molar-refractivity contribution in [2.24, 2.45) is 7.05 Å². The van der Waals surface area contributed by atoms with E-state index in [1.807, 2.05) is 43.4 Å². The normalized spacial score (nSPS) is 11.3. The Morgan fingerprint density at radius 2 is 2.00 bits per heavy atom. The van der Waals surface area contributed by atoms with Crippen molar-refractivity contribution in [1.29, 1.82) is 0 Å². The van der Waals surface area contributed by atoms with Crippen LogP contribution in [0.4, 0.5) is 0 Å². The number of H-pyrrole nitrogens is 1. The lowest BCUT2D eigenvalue weighted by Crippen LogP contribution is -1.98. The fraction of sp³-hybridized carbons (Fsp3) is 0.0455. The van der Waals surface area contributed by atoms with Crippen LogP contribution >= 0.6 is 11.6 Å². The number of ether oxygens (including phenoxy) is 1. The van der Waals surface area contributed by atoms with Gasteiger partial charge in [-0.05, 0) is 36.4 Å². The van der Waals surface area contributed by atoms with E-state index in [0.717, 1.165) is 16.8 Å². The molecule has 0 radical (unpaired) electrons. The summed E-state index contributed by atoms with van der Waals surface area (Å²) in [7, 11) is 1.83. The SMILES string of the molecule is Cn1nc2c(Oc3cccc(Cl)c3)cccc2c1-c1cc2nccc(C(=O)O)c2[nH]1. The average Bonchev–Trinajstić information content (AvgIpc) is 3.28. The van der Waals surface area contributed by atoms with Gasteiger partial charge in [0.25, 0.3) is 0 Å². The summed E-state index contributed by atoms with van der Waals surface area (Å²) >= 11 is 6.06. The summed E-state index contributed by atoms with van der Waals surface area (Å²) in [5.74, 6) is 0.197. The first-order valence-electron chi connectivity index (χ1n) is 9.12. The number of rotatable bonds is 4. The molecule has 8 heteroatoms. The highest BCUT2D eigenvalue weighted by Gasteiger charge is 2.19. The minimum Gasteiger partial charge on any atom is -0.478 e. The maximum Gasteiger partial charge on any atom is 0.337 e. The molecule has 0 aliphatic heterocycles. The van der Waals surface area contributed by atoms with Crippen molar-refractivity contribution in [3.05, 3.63) is 71.4 Å². The van der Waals surface area contributed by atoms with Crippen molar-refractivity contribution >= 4 is 39.5 Å². The number of fused-ring (bicyclic) bond motifs is 2. The third-order valence-electron chi connectivity index (χ3n) is 4.86. The first kappa shape index (κ1) is 18.2. The van der Waals surface area contributed by atoms with Gasteiger partial charge < -0.3 is 14.8 Å². The van der Waals surface area contributed by atoms with Gasteiger partial charge in [-0.25, -0.2) is 4.79 Å². The van der Waals surface area contributed by atoms with Crippen molar-refractivity contribution in [1.82, 2.24) is 19.7 Å². The number of pyridine rings is 1. The molecule has 5 aromatic rings. The molecule has 30 heavy (non-hydrogen) atoms. The Hall–Kier alpha value is -3.84. The number of halogens is 1. The smallest absolute Gasteiger partial charge is 0.337 e. The molecule has 0 amide bonds. The van der Waals surface area contributed by atoms with Gasteiger partial charge in [-0.1, -0.05) is 29.8 Å².